The molecule has 106 valence electrons. The molecule has 1 aromatic rings. The standard InChI is InChI=1S/C15H24N2O2/c1-3-4-13-7-12(9-18)8-15(16-13)17-6-5-11(2)14(17)10-19/h7-8,11,14,18-19H,3-6,9-10H2,1-2H3. The highest BCUT2D eigenvalue weighted by atomic mass is 16.3. The fourth-order valence-electron chi connectivity index (χ4n) is 2.83. The zero-order valence-electron chi connectivity index (χ0n) is 11.8. The van der Waals surface area contributed by atoms with Crippen molar-refractivity contribution in [1.29, 1.82) is 0 Å². The highest BCUT2D eigenvalue weighted by molar-refractivity contribution is 5.45. The summed E-state index contributed by atoms with van der Waals surface area (Å²) in [6.45, 7) is 5.43. The first-order chi connectivity index (χ1) is 9.19. The van der Waals surface area contributed by atoms with E-state index in [-0.39, 0.29) is 19.3 Å². The third-order valence-electron chi connectivity index (χ3n) is 3.98. The summed E-state index contributed by atoms with van der Waals surface area (Å²) in [5.41, 5.74) is 1.94. The van der Waals surface area contributed by atoms with Crippen LogP contribution in [0.15, 0.2) is 12.1 Å². The summed E-state index contributed by atoms with van der Waals surface area (Å²) < 4.78 is 0. The van der Waals surface area contributed by atoms with Gasteiger partial charge in [0, 0.05) is 12.2 Å². The normalized spacial score (nSPS) is 23.1. The Labute approximate surface area is 115 Å². The van der Waals surface area contributed by atoms with E-state index in [1.165, 1.54) is 0 Å². The van der Waals surface area contributed by atoms with Crippen molar-refractivity contribution in [3.8, 4) is 0 Å². The molecule has 2 N–H and O–H groups in total. The minimum atomic E-state index is 0.0411. The van der Waals surface area contributed by atoms with Gasteiger partial charge in [-0.15, -0.1) is 0 Å². The van der Waals surface area contributed by atoms with E-state index >= 15 is 0 Å². The van der Waals surface area contributed by atoms with E-state index in [1.807, 2.05) is 12.1 Å². The molecule has 0 radical (unpaired) electrons. The number of aryl methyl sites for hydroxylation is 1. The molecule has 0 saturated carbocycles. The van der Waals surface area contributed by atoms with Crippen LogP contribution < -0.4 is 4.90 Å². The van der Waals surface area contributed by atoms with Crippen LogP contribution in [0.4, 0.5) is 5.82 Å². The van der Waals surface area contributed by atoms with Gasteiger partial charge in [0.1, 0.15) is 5.82 Å². The highest BCUT2D eigenvalue weighted by Crippen LogP contribution is 2.29. The first kappa shape index (κ1) is 14.3. The number of aliphatic hydroxyl groups is 2. The Morgan fingerprint density at radius 3 is 2.79 bits per heavy atom. The molecule has 2 unspecified atom stereocenters. The van der Waals surface area contributed by atoms with E-state index in [2.05, 4.69) is 23.7 Å². The van der Waals surface area contributed by atoms with E-state index < -0.39 is 0 Å². The Bertz CT molecular complexity index is 423. The Balaban J connectivity index is 2.30. The Morgan fingerprint density at radius 2 is 2.16 bits per heavy atom. The number of anilines is 1. The number of hydrogen-bond acceptors (Lipinski definition) is 4. The second kappa shape index (κ2) is 6.35. The van der Waals surface area contributed by atoms with Crippen LogP contribution in [0.5, 0.6) is 0 Å². The quantitative estimate of drug-likeness (QED) is 0.850. The Morgan fingerprint density at radius 1 is 1.37 bits per heavy atom. The predicted molar refractivity (Wildman–Crippen MR) is 76.2 cm³/mol. The van der Waals surface area contributed by atoms with Gasteiger partial charge in [-0.05, 0) is 36.5 Å². The van der Waals surface area contributed by atoms with Crippen LogP contribution in [0, 0.1) is 5.92 Å². The third-order valence-corrected chi connectivity index (χ3v) is 3.98. The molecule has 1 aliphatic heterocycles. The summed E-state index contributed by atoms with van der Waals surface area (Å²) in [5, 5.41) is 18.9. The van der Waals surface area contributed by atoms with Gasteiger partial charge in [-0.25, -0.2) is 4.98 Å². The average molecular weight is 264 g/mol. The van der Waals surface area contributed by atoms with Gasteiger partial charge in [0.2, 0.25) is 0 Å². The zero-order valence-corrected chi connectivity index (χ0v) is 11.8. The lowest BCUT2D eigenvalue weighted by Gasteiger charge is -2.27. The molecule has 19 heavy (non-hydrogen) atoms. The van der Waals surface area contributed by atoms with Crippen LogP contribution in [0.3, 0.4) is 0 Å². The smallest absolute Gasteiger partial charge is 0.129 e. The van der Waals surface area contributed by atoms with Gasteiger partial charge in [0.25, 0.3) is 0 Å². The van der Waals surface area contributed by atoms with E-state index in [0.717, 1.165) is 42.9 Å². The van der Waals surface area contributed by atoms with Gasteiger partial charge < -0.3 is 15.1 Å². The maximum atomic E-state index is 9.55. The molecule has 2 rings (SSSR count). The van der Waals surface area contributed by atoms with Crippen LogP contribution in [-0.4, -0.2) is 34.4 Å². The summed E-state index contributed by atoms with van der Waals surface area (Å²) in [5.74, 6) is 1.39. The van der Waals surface area contributed by atoms with Crippen molar-refractivity contribution < 1.29 is 10.2 Å². The molecular formula is C15H24N2O2. The molecule has 4 nitrogen and oxygen atoms in total. The van der Waals surface area contributed by atoms with Gasteiger partial charge in [-0.1, -0.05) is 20.3 Å². The molecule has 4 heteroatoms. The minimum absolute atomic E-state index is 0.0411. The van der Waals surface area contributed by atoms with Crippen molar-refractivity contribution in [2.24, 2.45) is 5.92 Å². The number of rotatable bonds is 5. The van der Waals surface area contributed by atoms with Gasteiger partial charge >= 0.3 is 0 Å². The van der Waals surface area contributed by atoms with Gasteiger partial charge in [-0.3, -0.25) is 0 Å². The molecular weight excluding hydrogens is 240 g/mol. The molecule has 2 atom stereocenters. The van der Waals surface area contributed by atoms with Crippen molar-refractivity contribution in [2.45, 2.75) is 45.8 Å². The van der Waals surface area contributed by atoms with E-state index in [0.29, 0.717) is 5.92 Å². The first-order valence-electron chi connectivity index (χ1n) is 7.17. The van der Waals surface area contributed by atoms with Crippen LogP contribution in [0.1, 0.15) is 37.9 Å². The zero-order chi connectivity index (χ0) is 13.8. The lowest BCUT2D eigenvalue weighted by Crippen LogP contribution is -2.35. The third kappa shape index (κ3) is 3.07. The molecule has 1 fully saturated rings. The molecule has 0 aliphatic carbocycles. The number of hydrogen-bond donors (Lipinski definition) is 2. The van der Waals surface area contributed by atoms with Crippen LogP contribution >= 0.6 is 0 Å². The fraction of sp³-hybridized carbons (Fsp3) is 0.667. The first-order valence-corrected chi connectivity index (χ1v) is 7.17. The van der Waals surface area contributed by atoms with Gasteiger partial charge in [0.15, 0.2) is 0 Å². The lowest BCUT2D eigenvalue weighted by atomic mass is 10.0. The molecule has 0 aromatic carbocycles. The number of nitrogens with zero attached hydrogens (tertiary/aromatic N) is 2. The maximum absolute atomic E-state index is 9.55. The van der Waals surface area contributed by atoms with Crippen LogP contribution in [0.25, 0.3) is 0 Å². The van der Waals surface area contributed by atoms with E-state index in [1.54, 1.807) is 0 Å². The number of aliphatic hydroxyl groups excluding tert-OH is 2. The van der Waals surface area contributed by atoms with Crippen molar-refractivity contribution in [2.75, 3.05) is 18.1 Å². The molecule has 0 spiro atoms. The van der Waals surface area contributed by atoms with Crippen molar-refractivity contribution in [3.63, 3.8) is 0 Å². The van der Waals surface area contributed by atoms with Crippen molar-refractivity contribution >= 4 is 5.82 Å². The van der Waals surface area contributed by atoms with Crippen molar-refractivity contribution in [3.05, 3.63) is 23.4 Å². The topological polar surface area (TPSA) is 56.6 Å². The molecule has 1 aliphatic rings. The molecule has 0 bridgehead atoms. The Kier molecular flexibility index (Phi) is 4.77. The number of pyridine rings is 1. The summed E-state index contributed by atoms with van der Waals surface area (Å²) >= 11 is 0. The van der Waals surface area contributed by atoms with Crippen LogP contribution in [-0.2, 0) is 13.0 Å². The lowest BCUT2D eigenvalue weighted by molar-refractivity contribution is 0.244. The second-order valence-electron chi connectivity index (χ2n) is 5.44. The van der Waals surface area contributed by atoms with E-state index in [9.17, 15) is 10.2 Å². The van der Waals surface area contributed by atoms with Gasteiger partial charge in [0.05, 0.1) is 19.3 Å². The van der Waals surface area contributed by atoms with E-state index in [4.69, 9.17) is 0 Å². The van der Waals surface area contributed by atoms with Crippen LogP contribution in [0.2, 0.25) is 0 Å². The summed E-state index contributed by atoms with van der Waals surface area (Å²) in [4.78, 5) is 6.87. The largest absolute Gasteiger partial charge is 0.394 e. The summed E-state index contributed by atoms with van der Waals surface area (Å²) in [6.07, 6.45) is 3.05. The van der Waals surface area contributed by atoms with Gasteiger partial charge in [-0.2, -0.15) is 0 Å². The minimum Gasteiger partial charge on any atom is -0.394 e. The molecule has 2 heterocycles. The molecule has 1 saturated heterocycles. The molecule has 0 amide bonds. The monoisotopic (exact) mass is 264 g/mol. The van der Waals surface area contributed by atoms with Crippen molar-refractivity contribution in [1.82, 2.24) is 4.98 Å². The second-order valence-corrected chi connectivity index (χ2v) is 5.44. The highest BCUT2D eigenvalue weighted by Gasteiger charge is 2.31. The fourth-order valence-corrected chi connectivity index (χ4v) is 2.83. The average Bonchev–Trinajstić information content (AvgIpc) is 2.79. The summed E-state index contributed by atoms with van der Waals surface area (Å²) in [7, 11) is 0. The summed E-state index contributed by atoms with van der Waals surface area (Å²) in [6, 6.07) is 4.07. The predicted octanol–water partition coefficient (Wildman–Crippen LogP) is 1.73. The molecule has 1 aromatic heterocycles. The SMILES string of the molecule is CCCc1cc(CO)cc(N2CCC(C)C2CO)n1. The maximum Gasteiger partial charge on any atom is 0.129 e. The number of aromatic nitrogens is 1. The Hall–Kier alpha value is -1.13.